The maximum Gasteiger partial charge on any atom is 0.118 e. The Balaban J connectivity index is 2.37. The van der Waals surface area contributed by atoms with Crippen LogP contribution in [0.5, 0.6) is 5.75 Å². The lowest BCUT2D eigenvalue weighted by Crippen LogP contribution is -2.10. The number of aryl methyl sites for hydroxylation is 1. The Bertz CT molecular complexity index is 545. The van der Waals surface area contributed by atoms with Gasteiger partial charge in [-0.05, 0) is 46.7 Å². The quantitative estimate of drug-likeness (QED) is 0.768. The summed E-state index contributed by atoms with van der Waals surface area (Å²) in [4.78, 5) is 0. The summed E-state index contributed by atoms with van der Waals surface area (Å²) in [5, 5.41) is 9.54. The van der Waals surface area contributed by atoms with Crippen LogP contribution < -0.4 is 0 Å². The lowest BCUT2D eigenvalue weighted by atomic mass is 9.86. The molecule has 1 N–H and O–H groups in total. The van der Waals surface area contributed by atoms with Gasteiger partial charge in [-0.15, -0.1) is 0 Å². The predicted octanol–water partition coefficient (Wildman–Crippen LogP) is 4.67. The summed E-state index contributed by atoms with van der Waals surface area (Å²) in [7, 11) is 0. The van der Waals surface area contributed by atoms with Crippen LogP contribution in [0.2, 0.25) is 0 Å². The zero-order valence-electron chi connectivity index (χ0n) is 11.5. The normalized spacial score (nSPS) is 11.6. The van der Waals surface area contributed by atoms with Gasteiger partial charge >= 0.3 is 0 Å². The van der Waals surface area contributed by atoms with Crippen LogP contribution in [-0.4, -0.2) is 5.11 Å². The Morgan fingerprint density at radius 1 is 0.833 bits per heavy atom. The van der Waals surface area contributed by atoms with Gasteiger partial charge in [0.25, 0.3) is 0 Å². The van der Waals surface area contributed by atoms with Gasteiger partial charge in [0, 0.05) is 0 Å². The van der Waals surface area contributed by atoms with E-state index < -0.39 is 0 Å². The first-order chi connectivity index (χ1) is 8.38. The van der Waals surface area contributed by atoms with E-state index in [9.17, 15) is 5.11 Å². The Morgan fingerprint density at radius 2 is 1.39 bits per heavy atom. The van der Waals surface area contributed by atoms with Crippen LogP contribution in [0.25, 0.3) is 11.1 Å². The predicted molar refractivity (Wildman–Crippen MR) is 77.0 cm³/mol. The third-order valence-corrected chi connectivity index (χ3v) is 3.28. The Kier molecular flexibility index (Phi) is 3.16. The van der Waals surface area contributed by atoms with Crippen molar-refractivity contribution in [2.24, 2.45) is 0 Å². The van der Waals surface area contributed by atoms with E-state index in [1.807, 2.05) is 19.1 Å². The highest BCUT2D eigenvalue weighted by molar-refractivity contribution is 5.66. The molecule has 0 bridgehead atoms. The highest BCUT2D eigenvalue weighted by Gasteiger charge is 2.13. The Labute approximate surface area is 109 Å². The zero-order chi connectivity index (χ0) is 13.3. The average molecular weight is 240 g/mol. The summed E-state index contributed by atoms with van der Waals surface area (Å²) in [5.74, 6) is 0.352. The standard InChI is InChI=1S/C17H20O/c1-12-11-14(7-10-16(12)18)13-5-8-15(9-6-13)17(2,3)4/h5-11,18H,1-4H3. The van der Waals surface area contributed by atoms with Gasteiger partial charge in [0.1, 0.15) is 5.75 Å². The first-order valence-electron chi connectivity index (χ1n) is 6.28. The lowest BCUT2D eigenvalue weighted by molar-refractivity contribution is 0.471. The van der Waals surface area contributed by atoms with Crippen LogP contribution in [-0.2, 0) is 5.41 Å². The van der Waals surface area contributed by atoms with Gasteiger partial charge in [0.2, 0.25) is 0 Å². The molecule has 0 aromatic heterocycles. The molecule has 2 aromatic rings. The molecule has 0 aliphatic carbocycles. The molecule has 0 spiro atoms. The van der Waals surface area contributed by atoms with Crippen molar-refractivity contribution in [2.75, 3.05) is 0 Å². The van der Waals surface area contributed by atoms with Gasteiger partial charge in [-0.2, -0.15) is 0 Å². The third-order valence-electron chi connectivity index (χ3n) is 3.28. The van der Waals surface area contributed by atoms with Crippen molar-refractivity contribution in [1.29, 1.82) is 0 Å². The second kappa shape index (κ2) is 4.49. The summed E-state index contributed by atoms with van der Waals surface area (Å²) in [6.07, 6.45) is 0. The molecule has 0 saturated carbocycles. The Morgan fingerprint density at radius 3 is 1.89 bits per heavy atom. The largest absolute Gasteiger partial charge is 0.508 e. The molecule has 0 fully saturated rings. The van der Waals surface area contributed by atoms with Gasteiger partial charge in [-0.1, -0.05) is 51.1 Å². The first kappa shape index (κ1) is 12.7. The maximum absolute atomic E-state index is 9.54. The Hall–Kier alpha value is -1.76. The van der Waals surface area contributed by atoms with Crippen LogP contribution in [0.15, 0.2) is 42.5 Å². The molecule has 0 saturated heterocycles. The molecule has 94 valence electrons. The minimum absolute atomic E-state index is 0.184. The van der Waals surface area contributed by atoms with E-state index in [1.54, 1.807) is 6.07 Å². The van der Waals surface area contributed by atoms with Crippen LogP contribution in [0.3, 0.4) is 0 Å². The van der Waals surface area contributed by atoms with Crippen LogP contribution in [0, 0.1) is 6.92 Å². The van der Waals surface area contributed by atoms with Crippen molar-refractivity contribution in [3.63, 3.8) is 0 Å². The molecule has 1 nitrogen and oxygen atoms in total. The fourth-order valence-corrected chi connectivity index (χ4v) is 2.00. The first-order valence-corrected chi connectivity index (χ1v) is 6.28. The van der Waals surface area contributed by atoms with Crippen molar-refractivity contribution in [2.45, 2.75) is 33.1 Å². The third kappa shape index (κ3) is 2.56. The number of aromatic hydroxyl groups is 1. The van der Waals surface area contributed by atoms with E-state index in [-0.39, 0.29) is 5.41 Å². The number of phenols is 1. The molecule has 0 heterocycles. The number of benzene rings is 2. The van der Waals surface area contributed by atoms with Gasteiger partial charge in [0.05, 0.1) is 0 Å². The van der Waals surface area contributed by atoms with E-state index >= 15 is 0 Å². The second-order valence-corrected chi connectivity index (χ2v) is 5.83. The van der Waals surface area contributed by atoms with Crippen molar-refractivity contribution in [1.82, 2.24) is 0 Å². The van der Waals surface area contributed by atoms with Gasteiger partial charge in [-0.3, -0.25) is 0 Å². The van der Waals surface area contributed by atoms with E-state index in [4.69, 9.17) is 0 Å². The average Bonchev–Trinajstić information content (AvgIpc) is 2.32. The van der Waals surface area contributed by atoms with Crippen molar-refractivity contribution < 1.29 is 5.11 Å². The molecule has 0 aliphatic rings. The smallest absolute Gasteiger partial charge is 0.118 e. The summed E-state index contributed by atoms with van der Waals surface area (Å²) in [6, 6.07) is 14.4. The van der Waals surface area contributed by atoms with Gasteiger partial charge in [-0.25, -0.2) is 0 Å². The summed E-state index contributed by atoms with van der Waals surface area (Å²) in [5.41, 5.74) is 4.76. The van der Waals surface area contributed by atoms with E-state index in [2.05, 4.69) is 45.0 Å². The molecule has 0 radical (unpaired) electrons. The minimum Gasteiger partial charge on any atom is -0.508 e. The van der Waals surface area contributed by atoms with Gasteiger partial charge in [0.15, 0.2) is 0 Å². The van der Waals surface area contributed by atoms with Crippen molar-refractivity contribution >= 4 is 0 Å². The van der Waals surface area contributed by atoms with Crippen molar-refractivity contribution in [3.05, 3.63) is 53.6 Å². The fraction of sp³-hybridized carbons (Fsp3) is 0.294. The summed E-state index contributed by atoms with van der Waals surface area (Å²) >= 11 is 0. The van der Waals surface area contributed by atoms with Crippen LogP contribution in [0.1, 0.15) is 31.9 Å². The summed E-state index contributed by atoms with van der Waals surface area (Å²) in [6.45, 7) is 8.56. The van der Waals surface area contributed by atoms with Crippen LogP contribution >= 0.6 is 0 Å². The topological polar surface area (TPSA) is 20.2 Å². The SMILES string of the molecule is Cc1cc(-c2ccc(C(C)(C)C)cc2)ccc1O. The highest BCUT2D eigenvalue weighted by Crippen LogP contribution is 2.28. The number of hydrogen-bond acceptors (Lipinski definition) is 1. The number of hydrogen-bond donors (Lipinski definition) is 1. The van der Waals surface area contributed by atoms with Crippen LogP contribution in [0.4, 0.5) is 0 Å². The molecule has 2 aromatic carbocycles. The maximum atomic E-state index is 9.54. The summed E-state index contributed by atoms with van der Waals surface area (Å²) < 4.78 is 0. The molecule has 0 aliphatic heterocycles. The second-order valence-electron chi connectivity index (χ2n) is 5.83. The lowest BCUT2D eigenvalue weighted by Gasteiger charge is -2.19. The molecular weight excluding hydrogens is 220 g/mol. The molecule has 0 amide bonds. The molecule has 0 unspecified atom stereocenters. The molecular formula is C17H20O. The molecule has 0 atom stereocenters. The van der Waals surface area contributed by atoms with Crippen molar-refractivity contribution in [3.8, 4) is 16.9 Å². The molecule has 2 rings (SSSR count). The minimum atomic E-state index is 0.184. The fourth-order valence-electron chi connectivity index (χ4n) is 2.00. The zero-order valence-corrected chi connectivity index (χ0v) is 11.5. The van der Waals surface area contributed by atoms with E-state index in [1.165, 1.54) is 11.1 Å². The van der Waals surface area contributed by atoms with E-state index in [0.29, 0.717) is 5.75 Å². The van der Waals surface area contributed by atoms with E-state index in [0.717, 1.165) is 11.1 Å². The van der Waals surface area contributed by atoms with Gasteiger partial charge < -0.3 is 5.11 Å². The number of phenolic OH excluding ortho intramolecular Hbond substituents is 1. The number of rotatable bonds is 1. The highest BCUT2D eigenvalue weighted by atomic mass is 16.3. The molecule has 1 heteroatoms. The monoisotopic (exact) mass is 240 g/mol. The molecule has 18 heavy (non-hydrogen) atoms.